The van der Waals surface area contributed by atoms with Crippen LogP contribution in [0, 0.1) is 12.8 Å². The summed E-state index contributed by atoms with van der Waals surface area (Å²) in [7, 11) is 1.61. The molecule has 3 aromatic carbocycles. The predicted octanol–water partition coefficient (Wildman–Crippen LogP) is 4.80. The Balaban J connectivity index is 1.60. The van der Waals surface area contributed by atoms with Gasteiger partial charge in [-0.15, -0.1) is 0 Å². The minimum atomic E-state index is -1.04. The van der Waals surface area contributed by atoms with Crippen molar-refractivity contribution < 1.29 is 14.3 Å². The van der Waals surface area contributed by atoms with Gasteiger partial charge in [0.05, 0.1) is 13.2 Å². The van der Waals surface area contributed by atoms with Crippen LogP contribution in [0.4, 0.5) is 11.4 Å². The van der Waals surface area contributed by atoms with Crippen LogP contribution in [0.1, 0.15) is 24.1 Å². The summed E-state index contributed by atoms with van der Waals surface area (Å²) in [4.78, 5) is 15.7. The molecule has 0 unspecified atom stereocenters. The number of rotatable bonds is 4. The number of para-hydroxylation sites is 2. The van der Waals surface area contributed by atoms with E-state index in [2.05, 4.69) is 10.6 Å². The molecule has 2 N–H and O–H groups in total. The number of aryl methyl sites for hydroxylation is 1. The van der Waals surface area contributed by atoms with Crippen molar-refractivity contribution in [1.82, 2.24) is 5.32 Å². The second-order valence-electron chi connectivity index (χ2n) is 8.44. The lowest BCUT2D eigenvalue weighted by Crippen LogP contribution is -2.72. The monoisotopic (exact) mass is 459 g/mol. The van der Waals surface area contributed by atoms with Crippen LogP contribution >= 0.6 is 12.2 Å². The normalized spacial score (nSPS) is 23.1. The number of amides is 1. The van der Waals surface area contributed by atoms with E-state index < -0.39 is 11.6 Å². The summed E-state index contributed by atoms with van der Waals surface area (Å²) in [6.07, 6.45) is 0. The summed E-state index contributed by atoms with van der Waals surface area (Å²) in [5.74, 6) is 0.730. The largest absolute Gasteiger partial charge is 0.497 e. The van der Waals surface area contributed by atoms with Gasteiger partial charge in [0.1, 0.15) is 17.4 Å². The molecule has 0 spiro atoms. The Bertz CT molecular complexity index is 1230. The molecule has 1 saturated heterocycles. The standard InChI is InChI=1S/C26H25N3O3S/c1-16-8-4-6-10-20(16)29-25(33)28-23-19-9-5-7-11-21(19)32-26(29,2)22(23)24(30)27-17-12-14-18(31-3)15-13-17/h4-15,22-23H,1-3H3,(H,27,30)(H,28,33)/t22-,23-,26+/m1/s1. The van der Waals surface area contributed by atoms with Crippen molar-refractivity contribution in [1.29, 1.82) is 0 Å². The molecule has 0 aliphatic carbocycles. The molecular formula is C26H25N3O3S. The van der Waals surface area contributed by atoms with E-state index in [1.807, 2.05) is 91.5 Å². The Labute approximate surface area is 198 Å². The van der Waals surface area contributed by atoms with Gasteiger partial charge in [0.15, 0.2) is 10.8 Å². The van der Waals surface area contributed by atoms with Crippen LogP contribution in [-0.4, -0.2) is 23.9 Å². The molecule has 2 bridgehead atoms. The Morgan fingerprint density at radius 2 is 1.79 bits per heavy atom. The maximum atomic E-state index is 13.8. The van der Waals surface area contributed by atoms with Crippen molar-refractivity contribution in [3.05, 3.63) is 83.9 Å². The first-order valence-electron chi connectivity index (χ1n) is 10.8. The predicted molar refractivity (Wildman–Crippen MR) is 133 cm³/mol. The molecule has 3 aromatic rings. The van der Waals surface area contributed by atoms with E-state index in [1.54, 1.807) is 7.11 Å². The lowest BCUT2D eigenvalue weighted by molar-refractivity contribution is -0.130. The molecule has 5 rings (SSSR count). The average Bonchev–Trinajstić information content (AvgIpc) is 2.80. The van der Waals surface area contributed by atoms with E-state index in [0.717, 1.165) is 28.3 Å². The number of fused-ring (bicyclic) bond motifs is 4. The molecule has 0 radical (unpaired) electrons. The number of hydrogen-bond donors (Lipinski definition) is 2. The minimum Gasteiger partial charge on any atom is -0.497 e. The number of benzene rings is 3. The van der Waals surface area contributed by atoms with Crippen molar-refractivity contribution in [2.45, 2.75) is 25.6 Å². The van der Waals surface area contributed by atoms with Gasteiger partial charge in [0.25, 0.3) is 0 Å². The Kier molecular flexibility index (Phi) is 5.21. The highest BCUT2D eigenvalue weighted by Gasteiger charge is 2.59. The van der Waals surface area contributed by atoms with Crippen LogP contribution in [0.25, 0.3) is 0 Å². The summed E-state index contributed by atoms with van der Waals surface area (Å²) in [5.41, 5.74) is 2.50. The Morgan fingerprint density at radius 1 is 1.09 bits per heavy atom. The molecule has 2 aliphatic heterocycles. The number of nitrogens with zero attached hydrogens (tertiary/aromatic N) is 1. The van der Waals surface area contributed by atoms with Crippen LogP contribution < -0.4 is 25.0 Å². The zero-order valence-electron chi connectivity index (χ0n) is 18.7. The van der Waals surface area contributed by atoms with Gasteiger partial charge in [-0.3, -0.25) is 9.69 Å². The topological polar surface area (TPSA) is 62.8 Å². The number of anilines is 2. The second kappa shape index (κ2) is 8.08. The number of carbonyl (C=O) groups is 1. The van der Waals surface area contributed by atoms with Crippen molar-refractivity contribution >= 4 is 34.6 Å². The van der Waals surface area contributed by atoms with Gasteiger partial charge in [-0.05, 0) is 68.0 Å². The van der Waals surface area contributed by atoms with Crippen LogP contribution in [-0.2, 0) is 4.79 Å². The van der Waals surface area contributed by atoms with Crippen molar-refractivity contribution in [3.63, 3.8) is 0 Å². The summed E-state index contributed by atoms with van der Waals surface area (Å²) < 4.78 is 11.8. The number of methoxy groups -OCH3 is 1. The summed E-state index contributed by atoms with van der Waals surface area (Å²) in [6.45, 7) is 3.96. The minimum absolute atomic E-state index is 0.157. The third-order valence-electron chi connectivity index (χ3n) is 6.40. The lowest BCUT2D eigenvalue weighted by atomic mass is 9.78. The van der Waals surface area contributed by atoms with E-state index >= 15 is 0 Å². The summed E-state index contributed by atoms with van der Waals surface area (Å²) in [6, 6.07) is 22.7. The first-order chi connectivity index (χ1) is 15.9. The zero-order chi connectivity index (χ0) is 23.2. The molecule has 2 aliphatic rings. The van der Waals surface area contributed by atoms with Gasteiger partial charge in [-0.25, -0.2) is 0 Å². The number of carbonyl (C=O) groups excluding carboxylic acids is 1. The number of thiocarbonyl (C=S) groups is 1. The highest BCUT2D eigenvalue weighted by Crippen LogP contribution is 2.50. The molecule has 1 amide bonds. The molecule has 33 heavy (non-hydrogen) atoms. The quantitative estimate of drug-likeness (QED) is 0.547. The highest BCUT2D eigenvalue weighted by molar-refractivity contribution is 7.80. The van der Waals surface area contributed by atoms with Gasteiger partial charge < -0.3 is 20.1 Å². The fourth-order valence-electron chi connectivity index (χ4n) is 4.80. The van der Waals surface area contributed by atoms with Gasteiger partial charge in [0.2, 0.25) is 5.91 Å². The van der Waals surface area contributed by atoms with E-state index in [1.165, 1.54) is 0 Å². The maximum Gasteiger partial charge on any atom is 0.236 e. The Hall–Kier alpha value is -3.58. The van der Waals surface area contributed by atoms with E-state index in [9.17, 15) is 4.79 Å². The molecule has 3 atom stereocenters. The van der Waals surface area contributed by atoms with Gasteiger partial charge in [-0.1, -0.05) is 36.4 Å². The van der Waals surface area contributed by atoms with E-state index in [4.69, 9.17) is 21.7 Å². The number of nitrogens with one attached hydrogen (secondary N) is 2. The van der Waals surface area contributed by atoms with Crippen LogP contribution in [0.5, 0.6) is 11.5 Å². The highest BCUT2D eigenvalue weighted by atomic mass is 32.1. The molecule has 0 aromatic heterocycles. The van der Waals surface area contributed by atoms with E-state index in [0.29, 0.717) is 10.8 Å². The molecule has 168 valence electrons. The molecule has 2 heterocycles. The molecule has 0 saturated carbocycles. The third-order valence-corrected chi connectivity index (χ3v) is 6.70. The fraction of sp³-hybridized carbons (Fsp3) is 0.231. The van der Waals surface area contributed by atoms with Crippen LogP contribution in [0.15, 0.2) is 72.8 Å². The zero-order valence-corrected chi connectivity index (χ0v) is 19.5. The smallest absolute Gasteiger partial charge is 0.236 e. The lowest BCUT2D eigenvalue weighted by Gasteiger charge is -2.56. The summed E-state index contributed by atoms with van der Waals surface area (Å²) in [5, 5.41) is 7.03. The van der Waals surface area contributed by atoms with Crippen LogP contribution in [0.2, 0.25) is 0 Å². The van der Waals surface area contributed by atoms with E-state index in [-0.39, 0.29) is 11.9 Å². The fourth-order valence-corrected chi connectivity index (χ4v) is 5.21. The van der Waals surface area contributed by atoms with Gasteiger partial charge in [-0.2, -0.15) is 0 Å². The molecule has 1 fully saturated rings. The van der Waals surface area contributed by atoms with Gasteiger partial charge in [0, 0.05) is 16.9 Å². The molecule has 7 heteroatoms. The second-order valence-corrected chi connectivity index (χ2v) is 8.83. The SMILES string of the molecule is COc1ccc(NC(=O)[C@H]2[C@@H]3NC(=S)N(c4ccccc4C)[C@@]2(C)Oc2ccccc23)cc1. The first-order valence-corrected chi connectivity index (χ1v) is 11.2. The molecule has 6 nitrogen and oxygen atoms in total. The first kappa shape index (κ1) is 21.3. The average molecular weight is 460 g/mol. The maximum absolute atomic E-state index is 13.8. The van der Waals surface area contributed by atoms with Gasteiger partial charge >= 0.3 is 0 Å². The van der Waals surface area contributed by atoms with Crippen molar-refractivity contribution in [2.75, 3.05) is 17.3 Å². The third kappa shape index (κ3) is 3.49. The Morgan fingerprint density at radius 3 is 2.52 bits per heavy atom. The number of ether oxygens (including phenoxy) is 2. The number of hydrogen-bond acceptors (Lipinski definition) is 4. The van der Waals surface area contributed by atoms with Crippen molar-refractivity contribution in [2.24, 2.45) is 5.92 Å². The summed E-state index contributed by atoms with van der Waals surface area (Å²) >= 11 is 5.81. The molecular weight excluding hydrogens is 434 g/mol. The van der Waals surface area contributed by atoms with Crippen molar-refractivity contribution in [3.8, 4) is 11.5 Å². The van der Waals surface area contributed by atoms with Crippen LogP contribution in [0.3, 0.4) is 0 Å².